The molecule has 1 amide bonds. The van der Waals surface area contributed by atoms with Crippen LogP contribution in [0.4, 0.5) is 11.4 Å². The molecule has 0 unspecified atom stereocenters. The van der Waals surface area contributed by atoms with E-state index < -0.39 is 26.8 Å². The van der Waals surface area contributed by atoms with Crippen LogP contribution < -0.4 is 16.0 Å². The Kier molecular flexibility index (Phi) is 7.79. The van der Waals surface area contributed by atoms with Crippen molar-refractivity contribution in [1.82, 2.24) is 10.6 Å². The van der Waals surface area contributed by atoms with Crippen LogP contribution in [0.1, 0.15) is 20.7 Å². The summed E-state index contributed by atoms with van der Waals surface area (Å²) in [6.07, 6.45) is -1.32. The third-order valence-corrected chi connectivity index (χ3v) is 4.44. The minimum atomic E-state index is -2.05. The SMILES string of the molecule is O=C(O)c1cccc(NC(=S)N[C@@H](NC(=O)c2cccc([N+](=O)[O-])c2)C(Cl)(Cl)Cl)c1. The van der Waals surface area contributed by atoms with Crippen molar-refractivity contribution < 1.29 is 19.6 Å². The Hall–Kier alpha value is -2.66. The predicted octanol–water partition coefficient (Wildman–Crippen LogP) is 3.71. The van der Waals surface area contributed by atoms with Crippen molar-refractivity contribution in [3.63, 3.8) is 0 Å². The van der Waals surface area contributed by atoms with Gasteiger partial charge in [0, 0.05) is 23.4 Å². The van der Waals surface area contributed by atoms with Gasteiger partial charge in [0.25, 0.3) is 11.6 Å². The van der Waals surface area contributed by atoms with Gasteiger partial charge in [0.1, 0.15) is 6.17 Å². The van der Waals surface area contributed by atoms with Crippen LogP contribution >= 0.6 is 47.0 Å². The van der Waals surface area contributed by atoms with E-state index in [0.717, 1.165) is 6.07 Å². The van der Waals surface area contributed by atoms with Crippen LogP contribution in [0.2, 0.25) is 0 Å². The number of carboxylic acids is 1. The number of nitrogens with zero attached hydrogens (tertiary/aromatic N) is 1. The number of benzene rings is 2. The zero-order valence-corrected chi connectivity index (χ0v) is 17.8. The molecule has 0 fully saturated rings. The highest BCUT2D eigenvalue weighted by Gasteiger charge is 2.35. The van der Waals surface area contributed by atoms with Gasteiger partial charge in [-0.15, -0.1) is 0 Å². The number of carboxylic acid groups (broad SMARTS) is 1. The maximum Gasteiger partial charge on any atom is 0.335 e. The molecular weight excluding hydrogens is 479 g/mol. The second kappa shape index (κ2) is 9.90. The number of nitro groups is 1. The van der Waals surface area contributed by atoms with Crippen LogP contribution in [0.25, 0.3) is 0 Å². The van der Waals surface area contributed by atoms with E-state index in [1.807, 2.05) is 0 Å². The van der Waals surface area contributed by atoms with Gasteiger partial charge in [-0.2, -0.15) is 0 Å². The Morgan fingerprint density at radius 1 is 1.07 bits per heavy atom. The van der Waals surface area contributed by atoms with Crippen molar-refractivity contribution in [3.05, 3.63) is 69.8 Å². The molecule has 0 aliphatic rings. The van der Waals surface area contributed by atoms with Gasteiger partial charge < -0.3 is 21.1 Å². The number of halogens is 3. The van der Waals surface area contributed by atoms with Crippen LogP contribution in [0.3, 0.4) is 0 Å². The fourth-order valence-electron chi connectivity index (χ4n) is 2.20. The molecule has 0 saturated carbocycles. The van der Waals surface area contributed by atoms with Gasteiger partial charge in [0.2, 0.25) is 3.79 Å². The van der Waals surface area contributed by atoms with Crippen LogP contribution in [-0.2, 0) is 0 Å². The summed E-state index contributed by atoms with van der Waals surface area (Å²) in [5.74, 6) is -1.88. The molecule has 0 saturated heterocycles. The van der Waals surface area contributed by atoms with E-state index in [2.05, 4.69) is 16.0 Å². The number of hydrogen-bond acceptors (Lipinski definition) is 5. The molecule has 0 radical (unpaired) electrons. The number of hydrogen-bond donors (Lipinski definition) is 4. The lowest BCUT2D eigenvalue weighted by molar-refractivity contribution is -0.384. The van der Waals surface area contributed by atoms with Gasteiger partial charge in [0.15, 0.2) is 5.11 Å². The highest BCUT2D eigenvalue weighted by molar-refractivity contribution is 7.80. The first-order valence-electron chi connectivity index (χ1n) is 8.00. The summed E-state index contributed by atoms with van der Waals surface area (Å²) in [6, 6.07) is 10.8. The molecule has 13 heteroatoms. The summed E-state index contributed by atoms with van der Waals surface area (Å²) < 4.78 is -2.05. The third kappa shape index (κ3) is 6.70. The van der Waals surface area contributed by atoms with Crippen molar-refractivity contribution >= 4 is 75.4 Å². The first kappa shape index (κ1) is 23.6. The van der Waals surface area contributed by atoms with Crippen LogP contribution in [0.5, 0.6) is 0 Å². The second-order valence-corrected chi connectivity index (χ2v) is 8.52. The fraction of sp³-hybridized carbons (Fsp3) is 0.118. The molecule has 9 nitrogen and oxygen atoms in total. The molecule has 0 aliphatic carbocycles. The maximum absolute atomic E-state index is 12.5. The van der Waals surface area contributed by atoms with Gasteiger partial charge in [0.05, 0.1) is 10.5 Å². The van der Waals surface area contributed by atoms with Gasteiger partial charge in [-0.3, -0.25) is 14.9 Å². The van der Waals surface area contributed by atoms with E-state index >= 15 is 0 Å². The zero-order valence-electron chi connectivity index (χ0n) is 14.8. The molecule has 0 aliphatic heterocycles. The molecule has 0 bridgehead atoms. The van der Waals surface area contributed by atoms with Gasteiger partial charge in [-0.25, -0.2) is 4.79 Å². The van der Waals surface area contributed by atoms with E-state index in [-0.39, 0.29) is 21.9 Å². The van der Waals surface area contributed by atoms with Gasteiger partial charge in [-0.1, -0.05) is 46.9 Å². The lowest BCUT2D eigenvalue weighted by atomic mass is 10.2. The molecule has 30 heavy (non-hydrogen) atoms. The Morgan fingerprint density at radius 3 is 2.30 bits per heavy atom. The van der Waals surface area contributed by atoms with Crippen LogP contribution in [0.15, 0.2) is 48.5 Å². The number of nitro benzene ring substituents is 1. The molecule has 158 valence electrons. The molecule has 0 heterocycles. The van der Waals surface area contributed by atoms with E-state index in [1.54, 1.807) is 6.07 Å². The summed E-state index contributed by atoms with van der Waals surface area (Å²) in [5.41, 5.74) is 0.0648. The molecule has 0 aromatic heterocycles. The Balaban J connectivity index is 2.12. The lowest BCUT2D eigenvalue weighted by Crippen LogP contribution is -2.56. The monoisotopic (exact) mass is 490 g/mol. The number of carbonyl (C=O) groups is 2. The number of non-ortho nitro benzene ring substituents is 1. The summed E-state index contributed by atoms with van der Waals surface area (Å²) in [5, 5.41) is 27.6. The number of thiocarbonyl (C=S) groups is 1. The Labute approximate surface area is 190 Å². The minimum Gasteiger partial charge on any atom is -0.478 e. The number of nitrogens with one attached hydrogen (secondary N) is 3. The van der Waals surface area contributed by atoms with Gasteiger partial charge >= 0.3 is 5.97 Å². The number of carbonyl (C=O) groups excluding carboxylic acids is 1. The molecule has 1 atom stereocenters. The average Bonchev–Trinajstić information content (AvgIpc) is 2.66. The van der Waals surface area contributed by atoms with Gasteiger partial charge in [-0.05, 0) is 36.5 Å². The first-order chi connectivity index (χ1) is 14.0. The summed E-state index contributed by atoms with van der Waals surface area (Å²) >= 11 is 22.8. The number of alkyl halides is 3. The number of amides is 1. The van der Waals surface area contributed by atoms with Crippen molar-refractivity contribution in [2.24, 2.45) is 0 Å². The molecule has 4 N–H and O–H groups in total. The largest absolute Gasteiger partial charge is 0.478 e. The molecule has 0 spiro atoms. The Bertz CT molecular complexity index is 999. The minimum absolute atomic E-state index is 0.0275. The standard InChI is InChI=1S/C17H13Cl3N4O5S/c18-17(19,20)15(22-13(25)9-3-2-6-12(8-9)24(28)29)23-16(30)21-11-5-1-4-10(7-11)14(26)27/h1-8,15H,(H,22,25)(H,26,27)(H2,21,23,30)/t15-/m1/s1. The first-order valence-corrected chi connectivity index (χ1v) is 9.54. The maximum atomic E-state index is 12.5. The predicted molar refractivity (Wildman–Crippen MR) is 117 cm³/mol. The van der Waals surface area contributed by atoms with Crippen molar-refractivity contribution in [1.29, 1.82) is 0 Å². The third-order valence-electron chi connectivity index (χ3n) is 3.56. The number of rotatable bonds is 6. The van der Waals surface area contributed by atoms with Crippen LogP contribution in [0, 0.1) is 10.1 Å². The van der Waals surface area contributed by atoms with E-state index in [0.29, 0.717) is 5.69 Å². The zero-order chi connectivity index (χ0) is 22.5. The molecule has 2 aromatic carbocycles. The van der Waals surface area contributed by atoms with Crippen molar-refractivity contribution in [2.75, 3.05) is 5.32 Å². The molecular formula is C17H13Cl3N4O5S. The molecule has 2 aromatic rings. The second-order valence-electron chi connectivity index (χ2n) is 5.74. The van der Waals surface area contributed by atoms with Crippen LogP contribution in [-0.4, -0.2) is 37.0 Å². The summed E-state index contributed by atoms with van der Waals surface area (Å²) in [6.45, 7) is 0. The van der Waals surface area contributed by atoms with E-state index in [1.165, 1.54) is 36.4 Å². The van der Waals surface area contributed by atoms with Crippen molar-refractivity contribution in [2.45, 2.75) is 9.96 Å². The summed E-state index contributed by atoms with van der Waals surface area (Å²) in [4.78, 5) is 33.7. The van der Waals surface area contributed by atoms with E-state index in [9.17, 15) is 19.7 Å². The summed E-state index contributed by atoms with van der Waals surface area (Å²) in [7, 11) is 0. The Morgan fingerprint density at radius 2 is 1.70 bits per heavy atom. The highest BCUT2D eigenvalue weighted by atomic mass is 35.6. The number of anilines is 1. The van der Waals surface area contributed by atoms with Crippen molar-refractivity contribution in [3.8, 4) is 0 Å². The quantitative estimate of drug-likeness (QED) is 0.158. The smallest absolute Gasteiger partial charge is 0.335 e. The number of aromatic carboxylic acids is 1. The highest BCUT2D eigenvalue weighted by Crippen LogP contribution is 2.29. The fourth-order valence-corrected chi connectivity index (χ4v) is 2.77. The topological polar surface area (TPSA) is 134 Å². The molecule has 2 rings (SSSR count). The average molecular weight is 492 g/mol. The normalized spacial score (nSPS) is 11.8. The van der Waals surface area contributed by atoms with E-state index in [4.69, 9.17) is 52.1 Å². The lowest BCUT2D eigenvalue weighted by Gasteiger charge is -2.27.